The van der Waals surface area contributed by atoms with Gasteiger partial charge in [0.2, 0.25) is 5.91 Å². The Bertz CT molecular complexity index is 1570. The Morgan fingerprint density at radius 1 is 0.944 bits per heavy atom. The summed E-state index contributed by atoms with van der Waals surface area (Å²) in [6, 6.07) is 13.5. The summed E-state index contributed by atoms with van der Waals surface area (Å²) in [6.45, 7) is 3.03. The molecule has 0 fully saturated rings. The summed E-state index contributed by atoms with van der Waals surface area (Å²) in [7, 11) is 4.47. The Hall–Kier alpha value is -4.60. The number of hydrogen-bond acceptors (Lipinski definition) is 7. The highest BCUT2D eigenvalue weighted by Crippen LogP contribution is 2.26. The minimum absolute atomic E-state index is 0.196. The molecule has 2 heterocycles. The molecule has 0 radical (unpaired) electrons. The lowest BCUT2D eigenvalue weighted by molar-refractivity contribution is -0.116. The molecule has 1 N–H and O–H groups in total. The van der Waals surface area contributed by atoms with Crippen molar-refractivity contribution in [2.45, 2.75) is 20.4 Å². The first kappa shape index (κ1) is 24.5. The Labute approximate surface area is 206 Å². The summed E-state index contributed by atoms with van der Waals surface area (Å²) >= 11 is 0. The van der Waals surface area contributed by atoms with Crippen LogP contribution < -0.4 is 30.8 Å². The van der Waals surface area contributed by atoms with Gasteiger partial charge >= 0.3 is 5.69 Å². The van der Waals surface area contributed by atoms with E-state index < -0.39 is 23.7 Å². The molecular weight excluding hydrogens is 464 g/mol. The SMILES string of the molecule is COc1cc(NC(=O)Cn2c(=O)c3c(C)cc(C)nc3n(-c3ccccc3OC)c2=O)cc(OC)c1. The van der Waals surface area contributed by atoms with E-state index in [0.717, 1.165) is 4.57 Å². The largest absolute Gasteiger partial charge is 0.497 e. The van der Waals surface area contributed by atoms with Crippen LogP contribution in [0.25, 0.3) is 16.7 Å². The molecule has 0 aliphatic rings. The predicted octanol–water partition coefficient (Wildman–Crippen LogP) is 2.83. The number of aromatic nitrogens is 3. The molecule has 2 aromatic carbocycles. The highest BCUT2D eigenvalue weighted by atomic mass is 16.5. The molecule has 0 saturated heterocycles. The molecule has 10 heteroatoms. The minimum Gasteiger partial charge on any atom is -0.497 e. The van der Waals surface area contributed by atoms with E-state index in [4.69, 9.17) is 14.2 Å². The highest BCUT2D eigenvalue weighted by Gasteiger charge is 2.21. The van der Waals surface area contributed by atoms with Gasteiger partial charge in [-0.3, -0.25) is 9.59 Å². The van der Waals surface area contributed by atoms with Crippen molar-refractivity contribution in [2.75, 3.05) is 26.6 Å². The van der Waals surface area contributed by atoms with Gasteiger partial charge in [0.15, 0.2) is 5.65 Å². The van der Waals surface area contributed by atoms with Gasteiger partial charge in [-0.2, -0.15) is 0 Å². The van der Waals surface area contributed by atoms with Gasteiger partial charge in [-0.1, -0.05) is 12.1 Å². The lowest BCUT2D eigenvalue weighted by Gasteiger charge is -2.17. The van der Waals surface area contributed by atoms with Crippen LogP contribution in [0.1, 0.15) is 11.3 Å². The fourth-order valence-corrected chi connectivity index (χ4v) is 4.07. The number of aryl methyl sites for hydroxylation is 2. The van der Waals surface area contributed by atoms with Crippen LogP contribution in [0.15, 0.2) is 58.1 Å². The first-order valence-electron chi connectivity index (χ1n) is 11.1. The van der Waals surface area contributed by atoms with E-state index in [1.165, 1.54) is 25.9 Å². The molecule has 0 aliphatic heterocycles. The monoisotopic (exact) mass is 490 g/mol. The van der Waals surface area contributed by atoms with Crippen molar-refractivity contribution >= 4 is 22.6 Å². The maximum Gasteiger partial charge on any atom is 0.337 e. The first-order chi connectivity index (χ1) is 17.3. The highest BCUT2D eigenvalue weighted by molar-refractivity contribution is 5.91. The summed E-state index contributed by atoms with van der Waals surface area (Å²) in [5, 5.41) is 2.94. The molecule has 2 aromatic heterocycles. The molecule has 0 aliphatic carbocycles. The van der Waals surface area contributed by atoms with Gasteiger partial charge < -0.3 is 19.5 Å². The molecule has 0 bridgehead atoms. The van der Waals surface area contributed by atoms with Crippen molar-refractivity contribution in [3.63, 3.8) is 0 Å². The number of anilines is 1. The molecule has 186 valence electrons. The molecule has 0 saturated carbocycles. The number of rotatable bonds is 7. The van der Waals surface area contributed by atoms with Crippen molar-refractivity contribution < 1.29 is 19.0 Å². The second-order valence-electron chi connectivity index (χ2n) is 8.11. The summed E-state index contributed by atoms with van der Waals surface area (Å²) in [4.78, 5) is 44.7. The van der Waals surface area contributed by atoms with Crippen LogP contribution in [0.4, 0.5) is 5.69 Å². The number of fused-ring (bicyclic) bond motifs is 1. The van der Waals surface area contributed by atoms with Crippen LogP contribution in [0, 0.1) is 13.8 Å². The van der Waals surface area contributed by atoms with E-state index in [0.29, 0.717) is 39.9 Å². The predicted molar refractivity (Wildman–Crippen MR) is 136 cm³/mol. The molecule has 36 heavy (non-hydrogen) atoms. The molecule has 0 unspecified atom stereocenters. The van der Waals surface area contributed by atoms with E-state index in [1.807, 2.05) is 0 Å². The van der Waals surface area contributed by atoms with Gasteiger partial charge in [0.25, 0.3) is 5.56 Å². The maximum atomic E-state index is 13.7. The maximum absolute atomic E-state index is 13.7. The van der Waals surface area contributed by atoms with Crippen LogP contribution in [-0.2, 0) is 11.3 Å². The lowest BCUT2D eigenvalue weighted by Crippen LogP contribution is -2.42. The van der Waals surface area contributed by atoms with Crippen LogP contribution in [-0.4, -0.2) is 41.4 Å². The van der Waals surface area contributed by atoms with Crippen molar-refractivity contribution in [3.05, 3.63) is 80.6 Å². The van der Waals surface area contributed by atoms with E-state index in [1.54, 1.807) is 62.4 Å². The number of carbonyl (C=O) groups excluding carboxylic acids is 1. The van der Waals surface area contributed by atoms with Crippen LogP contribution in [0.2, 0.25) is 0 Å². The second kappa shape index (κ2) is 9.95. The number of hydrogen-bond donors (Lipinski definition) is 1. The van der Waals surface area contributed by atoms with Crippen LogP contribution in [0.5, 0.6) is 17.2 Å². The second-order valence-corrected chi connectivity index (χ2v) is 8.11. The number of pyridine rings is 1. The number of nitrogens with one attached hydrogen (secondary N) is 1. The number of ether oxygens (including phenoxy) is 3. The number of methoxy groups -OCH3 is 3. The van der Waals surface area contributed by atoms with E-state index in [2.05, 4.69) is 10.3 Å². The average Bonchev–Trinajstić information content (AvgIpc) is 2.86. The van der Waals surface area contributed by atoms with Crippen LogP contribution >= 0.6 is 0 Å². The third-order valence-electron chi connectivity index (χ3n) is 5.68. The topological polar surface area (TPSA) is 114 Å². The molecule has 0 spiro atoms. The van der Waals surface area contributed by atoms with E-state index >= 15 is 0 Å². The van der Waals surface area contributed by atoms with Crippen molar-refractivity contribution in [3.8, 4) is 22.9 Å². The average molecular weight is 491 g/mol. The van der Waals surface area contributed by atoms with Gasteiger partial charge in [-0.05, 0) is 37.6 Å². The smallest absolute Gasteiger partial charge is 0.337 e. The number of carbonyl (C=O) groups is 1. The van der Waals surface area contributed by atoms with Crippen molar-refractivity contribution in [2.24, 2.45) is 0 Å². The summed E-state index contributed by atoms with van der Waals surface area (Å²) in [5.41, 5.74) is 0.948. The molecule has 4 rings (SSSR count). The number of para-hydroxylation sites is 2. The van der Waals surface area contributed by atoms with E-state index in [-0.39, 0.29) is 11.0 Å². The molecule has 10 nitrogen and oxygen atoms in total. The Balaban J connectivity index is 1.88. The zero-order valence-corrected chi connectivity index (χ0v) is 20.6. The van der Waals surface area contributed by atoms with Crippen molar-refractivity contribution in [1.82, 2.24) is 14.1 Å². The van der Waals surface area contributed by atoms with Gasteiger partial charge in [0.1, 0.15) is 23.8 Å². The summed E-state index contributed by atoms with van der Waals surface area (Å²) < 4.78 is 18.1. The first-order valence-corrected chi connectivity index (χ1v) is 11.1. The zero-order chi connectivity index (χ0) is 26.0. The van der Waals surface area contributed by atoms with Gasteiger partial charge in [0.05, 0.1) is 32.4 Å². The number of nitrogens with zero attached hydrogens (tertiary/aromatic N) is 3. The Morgan fingerprint density at radius 3 is 2.25 bits per heavy atom. The summed E-state index contributed by atoms with van der Waals surface area (Å²) in [5.74, 6) is 0.791. The van der Waals surface area contributed by atoms with E-state index in [9.17, 15) is 14.4 Å². The molecular formula is C26H26N4O6. The molecule has 1 amide bonds. The van der Waals surface area contributed by atoms with Crippen molar-refractivity contribution in [1.29, 1.82) is 0 Å². The number of amides is 1. The van der Waals surface area contributed by atoms with Gasteiger partial charge in [-0.15, -0.1) is 0 Å². The van der Waals surface area contributed by atoms with Crippen LogP contribution in [0.3, 0.4) is 0 Å². The molecule has 4 aromatic rings. The zero-order valence-electron chi connectivity index (χ0n) is 20.6. The van der Waals surface area contributed by atoms with Gasteiger partial charge in [-0.25, -0.2) is 18.9 Å². The normalized spacial score (nSPS) is 10.8. The lowest BCUT2D eigenvalue weighted by atomic mass is 10.1. The third-order valence-corrected chi connectivity index (χ3v) is 5.68. The number of benzene rings is 2. The minimum atomic E-state index is -0.715. The fraction of sp³-hybridized carbons (Fsp3) is 0.231. The quantitative estimate of drug-likeness (QED) is 0.424. The Morgan fingerprint density at radius 2 is 1.61 bits per heavy atom. The molecule has 0 atom stereocenters. The standard InChI is InChI=1S/C26H26N4O6/c1-15-10-16(2)27-24-23(15)25(32)29(26(33)30(24)20-8-6-7-9-21(20)36-5)14-22(31)28-17-11-18(34-3)13-19(12-17)35-4/h6-13H,14H2,1-5H3,(H,28,31). The third kappa shape index (κ3) is 4.52. The Kier molecular flexibility index (Phi) is 6.77. The fourth-order valence-electron chi connectivity index (χ4n) is 4.07. The summed E-state index contributed by atoms with van der Waals surface area (Å²) in [6.07, 6.45) is 0. The van der Waals surface area contributed by atoms with Gasteiger partial charge in [0, 0.05) is 29.6 Å².